The molecule has 0 amide bonds. The molecule has 0 aromatic carbocycles. The maximum Gasteiger partial charge on any atom is 0.168 e. The van der Waals surface area contributed by atoms with Gasteiger partial charge in [-0.3, -0.25) is 0 Å². The molecule has 1 heterocycles. The Kier molecular flexibility index (Phi) is 4.30. The van der Waals surface area contributed by atoms with Crippen LogP contribution < -0.4 is 0 Å². The van der Waals surface area contributed by atoms with Crippen molar-refractivity contribution in [2.75, 3.05) is 13.2 Å². The first-order chi connectivity index (χ1) is 12.8. The number of aliphatic hydroxyl groups is 2. The van der Waals surface area contributed by atoms with Crippen molar-refractivity contribution in [2.24, 2.45) is 40.4 Å². The third kappa shape index (κ3) is 2.55. The van der Waals surface area contributed by atoms with Gasteiger partial charge < -0.3 is 19.7 Å². The molecule has 4 saturated carbocycles. The summed E-state index contributed by atoms with van der Waals surface area (Å²) in [5.74, 6) is 2.30. The molecule has 4 heteroatoms. The maximum atomic E-state index is 11.4. The SMILES string of the molecule is CC(O)C1CCC2C3CCC4CC5(CC[C@]4(C)C3[C@@H](O)C[C@]12C)OCCO5. The van der Waals surface area contributed by atoms with E-state index in [-0.39, 0.29) is 28.8 Å². The summed E-state index contributed by atoms with van der Waals surface area (Å²) >= 11 is 0. The monoisotopic (exact) mass is 378 g/mol. The third-order valence-electron chi connectivity index (χ3n) is 10.1. The molecule has 0 radical (unpaired) electrons. The lowest BCUT2D eigenvalue weighted by molar-refractivity contribution is -0.243. The Balaban J connectivity index is 1.43. The van der Waals surface area contributed by atoms with Crippen molar-refractivity contribution < 1.29 is 19.7 Å². The average Bonchev–Trinajstić information content (AvgIpc) is 3.19. The van der Waals surface area contributed by atoms with Crippen LogP contribution in [0.2, 0.25) is 0 Å². The molecule has 0 bridgehead atoms. The molecule has 6 unspecified atom stereocenters. The van der Waals surface area contributed by atoms with E-state index in [1.54, 1.807) is 0 Å². The van der Waals surface area contributed by atoms with Gasteiger partial charge in [0.1, 0.15) is 0 Å². The van der Waals surface area contributed by atoms with Crippen molar-refractivity contribution >= 4 is 0 Å². The van der Waals surface area contributed by atoms with Gasteiger partial charge in [0, 0.05) is 12.8 Å². The van der Waals surface area contributed by atoms with Crippen molar-refractivity contribution in [2.45, 2.75) is 90.1 Å². The number of aliphatic hydroxyl groups excluding tert-OH is 2. The highest BCUT2D eigenvalue weighted by Gasteiger charge is 2.64. The van der Waals surface area contributed by atoms with Gasteiger partial charge in [-0.1, -0.05) is 13.8 Å². The zero-order valence-corrected chi connectivity index (χ0v) is 17.3. The van der Waals surface area contributed by atoms with Crippen LogP contribution in [0.3, 0.4) is 0 Å². The Labute approximate surface area is 164 Å². The summed E-state index contributed by atoms with van der Waals surface area (Å²) < 4.78 is 12.1. The number of hydrogen-bond acceptors (Lipinski definition) is 4. The van der Waals surface area contributed by atoms with Crippen LogP contribution in [-0.2, 0) is 9.47 Å². The van der Waals surface area contributed by atoms with Crippen LogP contribution in [-0.4, -0.2) is 41.4 Å². The quantitative estimate of drug-likeness (QED) is 0.730. The van der Waals surface area contributed by atoms with Gasteiger partial charge in [0.05, 0.1) is 25.4 Å². The summed E-state index contributed by atoms with van der Waals surface area (Å²) in [5.41, 5.74) is 0.304. The Bertz CT molecular complexity index is 585. The van der Waals surface area contributed by atoms with Gasteiger partial charge in [-0.15, -0.1) is 0 Å². The predicted octanol–water partition coefficient (Wildman–Crippen LogP) is 3.74. The fraction of sp³-hybridized carbons (Fsp3) is 1.00. The predicted molar refractivity (Wildman–Crippen MR) is 103 cm³/mol. The molecule has 1 spiro atoms. The summed E-state index contributed by atoms with van der Waals surface area (Å²) in [6.45, 7) is 8.25. The highest BCUT2D eigenvalue weighted by Crippen LogP contribution is 2.68. The van der Waals surface area contributed by atoms with Crippen molar-refractivity contribution in [3.8, 4) is 0 Å². The largest absolute Gasteiger partial charge is 0.393 e. The normalized spacial score (nSPS) is 55.0. The van der Waals surface area contributed by atoms with Crippen LogP contribution in [0.1, 0.15) is 72.1 Å². The Morgan fingerprint density at radius 2 is 1.67 bits per heavy atom. The van der Waals surface area contributed by atoms with Crippen LogP contribution in [0.25, 0.3) is 0 Å². The minimum absolute atomic E-state index is 0.103. The molecule has 4 aliphatic carbocycles. The molecular formula is C23H38O4. The second kappa shape index (κ2) is 6.17. The maximum absolute atomic E-state index is 11.4. The van der Waals surface area contributed by atoms with Gasteiger partial charge in [-0.05, 0) is 85.9 Å². The third-order valence-corrected chi connectivity index (χ3v) is 10.1. The number of hydrogen-bond donors (Lipinski definition) is 2. The van der Waals surface area contributed by atoms with E-state index in [1.807, 2.05) is 6.92 Å². The van der Waals surface area contributed by atoms with E-state index in [0.29, 0.717) is 29.6 Å². The number of fused-ring (bicyclic) bond motifs is 5. The van der Waals surface area contributed by atoms with Gasteiger partial charge in [0.25, 0.3) is 0 Å². The summed E-state index contributed by atoms with van der Waals surface area (Å²) in [4.78, 5) is 0. The lowest BCUT2D eigenvalue weighted by atomic mass is 9.43. The van der Waals surface area contributed by atoms with Gasteiger partial charge >= 0.3 is 0 Å². The van der Waals surface area contributed by atoms with Crippen molar-refractivity contribution in [1.29, 1.82) is 0 Å². The van der Waals surface area contributed by atoms with Gasteiger partial charge in [0.15, 0.2) is 5.79 Å². The van der Waals surface area contributed by atoms with Crippen molar-refractivity contribution in [3.05, 3.63) is 0 Å². The molecular weight excluding hydrogens is 340 g/mol. The van der Waals surface area contributed by atoms with Gasteiger partial charge in [0.2, 0.25) is 0 Å². The van der Waals surface area contributed by atoms with Crippen LogP contribution >= 0.6 is 0 Å². The van der Waals surface area contributed by atoms with E-state index in [4.69, 9.17) is 9.47 Å². The topological polar surface area (TPSA) is 58.9 Å². The van der Waals surface area contributed by atoms with E-state index < -0.39 is 0 Å². The fourth-order valence-corrected chi connectivity index (χ4v) is 8.91. The highest BCUT2D eigenvalue weighted by atomic mass is 16.7. The van der Waals surface area contributed by atoms with Crippen molar-refractivity contribution in [1.82, 2.24) is 0 Å². The molecule has 5 aliphatic rings. The molecule has 5 rings (SSSR count). The van der Waals surface area contributed by atoms with Gasteiger partial charge in [-0.2, -0.15) is 0 Å². The molecule has 1 aliphatic heterocycles. The second-order valence-electron chi connectivity index (χ2n) is 11.1. The van der Waals surface area contributed by atoms with Crippen LogP contribution in [0, 0.1) is 40.4 Å². The molecule has 1 saturated heterocycles. The fourth-order valence-electron chi connectivity index (χ4n) is 8.91. The van der Waals surface area contributed by atoms with Crippen LogP contribution in [0.15, 0.2) is 0 Å². The van der Waals surface area contributed by atoms with Gasteiger partial charge in [-0.25, -0.2) is 0 Å². The number of ether oxygens (including phenoxy) is 2. The highest BCUT2D eigenvalue weighted by molar-refractivity contribution is 5.13. The summed E-state index contributed by atoms with van der Waals surface area (Å²) in [5, 5.41) is 21.8. The lowest BCUT2D eigenvalue weighted by Crippen LogP contribution is -2.60. The van der Waals surface area contributed by atoms with E-state index in [0.717, 1.165) is 45.3 Å². The molecule has 4 nitrogen and oxygen atoms in total. The zero-order chi connectivity index (χ0) is 19.0. The lowest BCUT2D eigenvalue weighted by Gasteiger charge is -2.63. The molecule has 2 N–H and O–H groups in total. The summed E-state index contributed by atoms with van der Waals surface area (Å²) in [6.07, 6.45) is 8.30. The van der Waals surface area contributed by atoms with E-state index in [9.17, 15) is 10.2 Å². The first kappa shape index (κ1) is 18.8. The Hall–Kier alpha value is -0.160. The van der Waals surface area contributed by atoms with E-state index >= 15 is 0 Å². The Morgan fingerprint density at radius 3 is 2.37 bits per heavy atom. The first-order valence-corrected chi connectivity index (χ1v) is 11.4. The molecule has 0 aromatic rings. The number of rotatable bonds is 1. The molecule has 154 valence electrons. The first-order valence-electron chi connectivity index (χ1n) is 11.4. The average molecular weight is 379 g/mol. The Morgan fingerprint density at radius 1 is 0.926 bits per heavy atom. The standard InChI is InChI=1S/C23H38O4/c1-14(24)17-6-7-18-16-5-4-15-12-23(26-10-11-27-23)9-8-21(15,2)20(16)19(25)13-22(17,18)3/h14-20,24-25H,4-13H2,1-3H3/t14?,15?,16?,17?,18?,19-,20?,21-,22+/m0/s1. The van der Waals surface area contributed by atoms with E-state index in [2.05, 4.69) is 13.8 Å². The summed E-state index contributed by atoms with van der Waals surface area (Å²) in [7, 11) is 0. The molecule has 9 atom stereocenters. The van der Waals surface area contributed by atoms with E-state index in [1.165, 1.54) is 19.3 Å². The van der Waals surface area contributed by atoms with Crippen LogP contribution in [0.4, 0.5) is 0 Å². The zero-order valence-electron chi connectivity index (χ0n) is 17.3. The van der Waals surface area contributed by atoms with Crippen molar-refractivity contribution in [3.63, 3.8) is 0 Å². The van der Waals surface area contributed by atoms with Crippen LogP contribution in [0.5, 0.6) is 0 Å². The molecule has 0 aromatic heterocycles. The second-order valence-corrected chi connectivity index (χ2v) is 11.1. The molecule has 5 fully saturated rings. The minimum atomic E-state index is -0.323. The minimum Gasteiger partial charge on any atom is -0.393 e. The smallest absolute Gasteiger partial charge is 0.168 e. The summed E-state index contributed by atoms with van der Waals surface area (Å²) in [6, 6.07) is 0. The molecule has 27 heavy (non-hydrogen) atoms.